The number of aromatic nitrogens is 5. The molecule has 34 heavy (non-hydrogen) atoms. The van der Waals surface area contributed by atoms with Crippen molar-refractivity contribution in [2.75, 3.05) is 10.6 Å². The van der Waals surface area contributed by atoms with Crippen molar-refractivity contribution < 1.29 is 17.9 Å². The predicted octanol–water partition coefficient (Wildman–Crippen LogP) is 3.64. The van der Waals surface area contributed by atoms with Gasteiger partial charge in [0.05, 0.1) is 23.8 Å². The van der Waals surface area contributed by atoms with Crippen LogP contribution in [0.15, 0.2) is 47.7 Å². The Bertz CT molecular complexity index is 1190. The molecule has 2 N–H and O–H groups in total. The molecule has 178 valence electrons. The third-order valence-corrected chi connectivity index (χ3v) is 5.86. The van der Waals surface area contributed by atoms with E-state index >= 15 is 0 Å². The van der Waals surface area contributed by atoms with E-state index in [0.29, 0.717) is 23.4 Å². The molecule has 2 saturated carbocycles. The normalized spacial score (nSPS) is 20.2. The molecular weight excluding hydrogens is 451 g/mol. The first kappa shape index (κ1) is 22.1. The Balaban J connectivity index is 1.18. The van der Waals surface area contributed by atoms with Gasteiger partial charge in [-0.1, -0.05) is 0 Å². The van der Waals surface area contributed by atoms with Crippen molar-refractivity contribution in [1.29, 1.82) is 0 Å². The standard InChI is InChI=1S/C22H22F3N7O2/c23-22(24,25)34-18-2-1-9-32(20(18)33)16-7-8-19(26-11-16)28-14-5-6-15(10-14)29-21-27-12-17(30-31-21)13-3-4-13/h1-2,7-9,11-15H,3-6,10H2,(H,26,28)(H,27,29,31)/t14-,15-/m0/s1. The second-order valence-electron chi connectivity index (χ2n) is 8.47. The average Bonchev–Trinajstić information content (AvgIpc) is 3.56. The summed E-state index contributed by atoms with van der Waals surface area (Å²) in [5, 5.41) is 15.1. The van der Waals surface area contributed by atoms with E-state index in [-0.39, 0.29) is 12.1 Å². The third kappa shape index (κ3) is 5.26. The lowest BCUT2D eigenvalue weighted by Crippen LogP contribution is -2.26. The number of alkyl halides is 3. The van der Waals surface area contributed by atoms with Crippen LogP contribution in [-0.2, 0) is 0 Å². The van der Waals surface area contributed by atoms with Crippen LogP contribution in [0, 0.1) is 0 Å². The molecule has 12 heteroatoms. The lowest BCUT2D eigenvalue weighted by molar-refractivity contribution is -0.275. The van der Waals surface area contributed by atoms with Crippen LogP contribution in [0.2, 0.25) is 0 Å². The summed E-state index contributed by atoms with van der Waals surface area (Å²) in [7, 11) is 0. The number of ether oxygens (including phenoxy) is 1. The molecule has 0 radical (unpaired) electrons. The third-order valence-electron chi connectivity index (χ3n) is 5.86. The fraction of sp³-hybridized carbons (Fsp3) is 0.409. The number of hydrogen-bond donors (Lipinski definition) is 2. The molecule has 3 heterocycles. The van der Waals surface area contributed by atoms with E-state index in [1.165, 1.54) is 18.5 Å². The van der Waals surface area contributed by atoms with Gasteiger partial charge in [0.15, 0.2) is 5.75 Å². The fourth-order valence-electron chi connectivity index (χ4n) is 4.05. The van der Waals surface area contributed by atoms with Crippen LogP contribution in [-0.4, -0.2) is 43.2 Å². The van der Waals surface area contributed by atoms with Crippen molar-refractivity contribution in [1.82, 2.24) is 24.7 Å². The molecule has 5 rings (SSSR count). The van der Waals surface area contributed by atoms with Crippen molar-refractivity contribution in [2.24, 2.45) is 0 Å². The molecule has 0 amide bonds. The SMILES string of the molecule is O=c1c(OC(F)(F)F)cccn1-c1ccc(N[C@H]2CC[C@H](Nc3ncc(C4CC4)nn3)C2)nc1. The molecule has 2 aliphatic carbocycles. The summed E-state index contributed by atoms with van der Waals surface area (Å²) < 4.78 is 42.3. The lowest BCUT2D eigenvalue weighted by Gasteiger charge is -2.15. The molecule has 0 unspecified atom stereocenters. The minimum atomic E-state index is -4.94. The number of hydrogen-bond acceptors (Lipinski definition) is 8. The van der Waals surface area contributed by atoms with Crippen LogP contribution in [0.5, 0.6) is 5.75 Å². The number of pyridine rings is 2. The first-order valence-electron chi connectivity index (χ1n) is 11.0. The Hall–Kier alpha value is -3.70. The second-order valence-corrected chi connectivity index (χ2v) is 8.47. The summed E-state index contributed by atoms with van der Waals surface area (Å²) in [5.41, 5.74) is 0.357. The zero-order valence-corrected chi connectivity index (χ0v) is 18.0. The highest BCUT2D eigenvalue weighted by atomic mass is 19.4. The number of nitrogens with one attached hydrogen (secondary N) is 2. The molecule has 2 fully saturated rings. The van der Waals surface area contributed by atoms with E-state index in [2.05, 4.69) is 35.5 Å². The molecule has 0 spiro atoms. The highest BCUT2D eigenvalue weighted by molar-refractivity contribution is 5.42. The van der Waals surface area contributed by atoms with Gasteiger partial charge in [-0.2, -0.15) is 0 Å². The molecule has 3 aromatic rings. The Morgan fingerprint density at radius 2 is 1.76 bits per heavy atom. The van der Waals surface area contributed by atoms with Crippen LogP contribution < -0.4 is 20.9 Å². The number of anilines is 2. The summed E-state index contributed by atoms with van der Waals surface area (Å²) in [6, 6.07) is 5.96. The molecule has 0 aromatic carbocycles. The molecule has 2 atom stereocenters. The van der Waals surface area contributed by atoms with E-state index in [4.69, 9.17) is 0 Å². The first-order chi connectivity index (χ1) is 16.3. The molecule has 3 aromatic heterocycles. The van der Waals surface area contributed by atoms with Gasteiger partial charge in [-0.05, 0) is 56.4 Å². The van der Waals surface area contributed by atoms with Crippen molar-refractivity contribution in [3.05, 3.63) is 58.9 Å². The van der Waals surface area contributed by atoms with Gasteiger partial charge in [-0.3, -0.25) is 9.36 Å². The topological polar surface area (TPSA) is 107 Å². The Morgan fingerprint density at radius 3 is 2.41 bits per heavy atom. The number of rotatable bonds is 7. The minimum absolute atomic E-state index is 0.181. The quantitative estimate of drug-likeness (QED) is 0.536. The van der Waals surface area contributed by atoms with E-state index in [9.17, 15) is 18.0 Å². The fourth-order valence-corrected chi connectivity index (χ4v) is 4.05. The van der Waals surface area contributed by atoms with E-state index in [1.54, 1.807) is 18.3 Å². The van der Waals surface area contributed by atoms with Crippen molar-refractivity contribution in [3.8, 4) is 11.4 Å². The second kappa shape index (κ2) is 8.92. The van der Waals surface area contributed by atoms with Gasteiger partial charge < -0.3 is 15.4 Å². The van der Waals surface area contributed by atoms with Gasteiger partial charge in [-0.25, -0.2) is 9.97 Å². The van der Waals surface area contributed by atoms with Crippen LogP contribution in [0.3, 0.4) is 0 Å². The van der Waals surface area contributed by atoms with Gasteiger partial charge in [0.2, 0.25) is 5.95 Å². The molecule has 0 saturated heterocycles. The zero-order valence-electron chi connectivity index (χ0n) is 18.0. The minimum Gasteiger partial charge on any atom is -0.400 e. The highest BCUT2D eigenvalue weighted by Gasteiger charge is 2.32. The van der Waals surface area contributed by atoms with Crippen molar-refractivity contribution >= 4 is 11.8 Å². The maximum atomic E-state index is 12.5. The lowest BCUT2D eigenvalue weighted by atomic mass is 10.2. The van der Waals surface area contributed by atoms with Gasteiger partial charge in [0.25, 0.3) is 5.56 Å². The summed E-state index contributed by atoms with van der Waals surface area (Å²) in [4.78, 5) is 21.0. The molecule has 0 aliphatic heterocycles. The Kier molecular flexibility index (Phi) is 5.80. The largest absolute Gasteiger partial charge is 0.573 e. The number of nitrogens with zero attached hydrogens (tertiary/aromatic N) is 5. The summed E-state index contributed by atoms with van der Waals surface area (Å²) in [5.74, 6) is 0.850. The van der Waals surface area contributed by atoms with Crippen LogP contribution in [0.4, 0.5) is 24.9 Å². The predicted molar refractivity (Wildman–Crippen MR) is 117 cm³/mol. The molecule has 0 bridgehead atoms. The summed E-state index contributed by atoms with van der Waals surface area (Å²) in [6.45, 7) is 0. The van der Waals surface area contributed by atoms with Gasteiger partial charge in [0, 0.05) is 24.2 Å². The van der Waals surface area contributed by atoms with E-state index in [1.807, 2.05) is 0 Å². The van der Waals surface area contributed by atoms with Crippen molar-refractivity contribution in [3.63, 3.8) is 0 Å². The molecule has 9 nitrogen and oxygen atoms in total. The summed E-state index contributed by atoms with van der Waals surface area (Å²) in [6.07, 6.45) is 4.64. The van der Waals surface area contributed by atoms with E-state index in [0.717, 1.165) is 48.4 Å². The first-order valence-corrected chi connectivity index (χ1v) is 11.0. The smallest absolute Gasteiger partial charge is 0.400 e. The molecular formula is C22H22F3N7O2. The average molecular weight is 473 g/mol. The Labute approximate surface area is 192 Å². The highest BCUT2D eigenvalue weighted by Crippen LogP contribution is 2.38. The maximum absolute atomic E-state index is 12.5. The Morgan fingerprint density at radius 1 is 0.971 bits per heavy atom. The van der Waals surface area contributed by atoms with E-state index < -0.39 is 17.7 Å². The summed E-state index contributed by atoms with van der Waals surface area (Å²) >= 11 is 0. The van der Waals surface area contributed by atoms with Crippen molar-refractivity contribution in [2.45, 2.75) is 56.5 Å². The van der Waals surface area contributed by atoms with Crippen LogP contribution >= 0.6 is 0 Å². The van der Waals surface area contributed by atoms with Gasteiger partial charge in [0.1, 0.15) is 5.82 Å². The van der Waals surface area contributed by atoms with Crippen LogP contribution in [0.25, 0.3) is 5.69 Å². The zero-order chi connectivity index (χ0) is 23.7. The monoisotopic (exact) mass is 473 g/mol. The maximum Gasteiger partial charge on any atom is 0.573 e. The molecule has 2 aliphatic rings. The number of halogens is 3. The van der Waals surface area contributed by atoms with Crippen LogP contribution in [0.1, 0.15) is 43.7 Å². The van der Waals surface area contributed by atoms with Gasteiger partial charge in [-0.15, -0.1) is 23.4 Å². The van der Waals surface area contributed by atoms with Gasteiger partial charge >= 0.3 is 6.36 Å².